The SMILES string of the molecule is C=C1C[C@]23C[C@@]1(O)CC[C@@H]2[C@@]12C[C@@H]4O[C@@H]4[C@@](C)(C(=O)O1)[C@H]2[C@@H]3C(=O)O. The average Bonchev–Trinajstić information content (AvgIpc) is 3.16. The van der Waals surface area contributed by atoms with E-state index in [-0.39, 0.29) is 30.0 Å². The first kappa shape index (κ1) is 14.7. The number of aliphatic carboxylic acids is 1. The third-order valence-electron chi connectivity index (χ3n) is 8.76. The fourth-order valence-corrected chi connectivity index (χ4v) is 8.00. The molecule has 9 atom stereocenters. The number of rotatable bonds is 1. The number of carboxylic acid groups (broad SMARTS) is 1. The summed E-state index contributed by atoms with van der Waals surface area (Å²) in [6.45, 7) is 5.91. The maximum Gasteiger partial charge on any atom is 0.315 e. The Morgan fingerprint density at radius 3 is 2.88 bits per heavy atom. The number of carboxylic acids is 1. The van der Waals surface area contributed by atoms with Gasteiger partial charge in [0.15, 0.2) is 0 Å². The summed E-state index contributed by atoms with van der Waals surface area (Å²) in [4.78, 5) is 25.3. The summed E-state index contributed by atoms with van der Waals surface area (Å²) in [5.74, 6) is -2.29. The lowest BCUT2D eigenvalue weighted by molar-refractivity contribution is -0.165. The number of hydrogen-bond donors (Lipinski definition) is 2. The molecule has 2 N–H and O–H groups in total. The highest BCUT2D eigenvalue weighted by molar-refractivity contribution is 5.86. The Balaban J connectivity index is 1.61. The Bertz CT molecular complexity index is 776. The van der Waals surface area contributed by atoms with Crippen LogP contribution in [0.5, 0.6) is 0 Å². The van der Waals surface area contributed by atoms with Crippen molar-refractivity contribution in [3.63, 3.8) is 0 Å². The van der Waals surface area contributed by atoms with Gasteiger partial charge in [-0.2, -0.15) is 0 Å². The first-order chi connectivity index (χ1) is 11.7. The highest BCUT2D eigenvalue weighted by atomic mass is 16.6. The zero-order chi connectivity index (χ0) is 17.6. The molecule has 134 valence electrons. The van der Waals surface area contributed by atoms with E-state index >= 15 is 0 Å². The van der Waals surface area contributed by atoms with Gasteiger partial charge in [-0.3, -0.25) is 9.59 Å². The average molecular weight is 346 g/mol. The van der Waals surface area contributed by atoms with E-state index < -0.39 is 33.9 Å². The Labute approximate surface area is 145 Å². The zero-order valence-corrected chi connectivity index (χ0v) is 14.2. The number of esters is 1. The quantitative estimate of drug-likeness (QED) is 0.422. The van der Waals surface area contributed by atoms with Gasteiger partial charge in [0, 0.05) is 18.3 Å². The summed E-state index contributed by atoms with van der Waals surface area (Å²) >= 11 is 0. The van der Waals surface area contributed by atoms with Crippen LogP contribution in [-0.2, 0) is 19.1 Å². The number of epoxide rings is 1. The minimum atomic E-state index is -0.960. The third-order valence-corrected chi connectivity index (χ3v) is 8.76. The molecule has 2 saturated heterocycles. The van der Waals surface area contributed by atoms with Gasteiger partial charge in [0.05, 0.1) is 17.6 Å². The topological polar surface area (TPSA) is 96.4 Å². The molecule has 0 aromatic heterocycles. The summed E-state index contributed by atoms with van der Waals surface area (Å²) in [5.41, 5.74) is -2.40. The summed E-state index contributed by atoms with van der Waals surface area (Å²) in [7, 11) is 0. The minimum Gasteiger partial charge on any atom is -0.481 e. The van der Waals surface area contributed by atoms with Crippen molar-refractivity contribution in [1.82, 2.24) is 0 Å². The van der Waals surface area contributed by atoms with Crippen molar-refractivity contribution in [2.75, 3.05) is 0 Å². The van der Waals surface area contributed by atoms with Crippen molar-refractivity contribution in [1.29, 1.82) is 0 Å². The van der Waals surface area contributed by atoms with Crippen molar-refractivity contribution < 1.29 is 29.3 Å². The smallest absolute Gasteiger partial charge is 0.315 e. The predicted molar refractivity (Wildman–Crippen MR) is 83.3 cm³/mol. The molecule has 4 saturated carbocycles. The van der Waals surface area contributed by atoms with Crippen LogP contribution >= 0.6 is 0 Å². The van der Waals surface area contributed by atoms with Gasteiger partial charge in [0.25, 0.3) is 0 Å². The highest BCUT2D eigenvalue weighted by Gasteiger charge is 2.88. The van der Waals surface area contributed by atoms with Crippen LogP contribution in [0.15, 0.2) is 12.2 Å². The Morgan fingerprint density at radius 2 is 2.16 bits per heavy atom. The van der Waals surface area contributed by atoms with Gasteiger partial charge >= 0.3 is 11.9 Å². The summed E-state index contributed by atoms with van der Waals surface area (Å²) in [5, 5.41) is 21.2. The molecule has 4 bridgehead atoms. The number of aliphatic hydroxyl groups is 1. The molecule has 1 spiro atoms. The number of ether oxygens (including phenoxy) is 2. The second kappa shape index (κ2) is 3.67. The fraction of sp³-hybridized carbons (Fsp3) is 0.789. The Morgan fingerprint density at radius 1 is 1.40 bits per heavy atom. The normalized spacial score (nSPS) is 62.9. The van der Waals surface area contributed by atoms with E-state index in [4.69, 9.17) is 9.47 Å². The second-order valence-electron chi connectivity index (χ2n) is 9.53. The molecule has 2 heterocycles. The van der Waals surface area contributed by atoms with E-state index in [0.717, 1.165) is 5.57 Å². The molecule has 0 radical (unpaired) electrons. The van der Waals surface area contributed by atoms with Crippen LogP contribution in [-0.4, -0.2) is 45.6 Å². The summed E-state index contributed by atoms with van der Waals surface area (Å²) in [6.07, 6.45) is 2.59. The molecule has 2 aliphatic heterocycles. The van der Waals surface area contributed by atoms with Crippen LogP contribution in [0.3, 0.4) is 0 Å². The monoisotopic (exact) mass is 346 g/mol. The highest BCUT2D eigenvalue weighted by Crippen LogP contribution is 2.80. The standard InChI is InChI=1S/C19H22O6/c1-8-5-17-7-18(8,23)4-3-10(17)19-6-9-13(24-9)16(2,15(22)25-19)12(19)11(17)14(20)21/h9-13,23H,1,3-7H2,2H3,(H,20,21)/t9-,10-,11+,12+,13-,16-,17-,18-,19+/m0/s1. The summed E-state index contributed by atoms with van der Waals surface area (Å²) in [6, 6.07) is 0. The van der Waals surface area contributed by atoms with Gasteiger partial charge in [0.2, 0.25) is 0 Å². The van der Waals surface area contributed by atoms with Crippen LogP contribution in [0.25, 0.3) is 0 Å². The van der Waals surface area contributed by atoms with Gasteiger partial charge in [-0.25, -0.2) is 0 Å². The molecular formula is C19H22O6. The molecule has 6 heteroatoms. The van der Waals surface area contributed by atoms with Crippen LogP contribution in [0, 0.1) is 28.6 Å². The molecule has 6 fully saturated rings. The second-order valence-corrected chi connectivity index (χ2v) is 9.53. The lowest BCUT2D eigenvalue weighted by atomic mass is 9.60. The molecule has 6 nitrogen and oxygen atoms in total. The van der Waals surface area contributed by atoms with E-state index in [2.05, 4.69) is 6.58 Å². The Hall–Kier alpha value is -1.40. The molecule has 25 heavy (non-hydrogen) atoms. The molecule has 4 aliphatic carbocycles. The minimum absolute atomic E-state index is 0.00251. The van der Waals surface area contributed by atoms with Crippen molar-refractivity contribution in [2.45, 2.75) is 62.4 Å². The van der Waals surface area contributed by atoms with Crippen LogP contribution < -0.4 is 0 Å². The van der Waals surface area contributed by atoms with E-state index in [0.29, 0.717) is 32.1 Å². The first-order valence-electron chi connectivity index (χ1n) is 9.21. The molecule has 0 aromatic rings. The van der Waals surface area contributed by atoms with Gasteiger partial charge in [-0.1, -0.05) is 6.58 Å². The van der Waals surface area contributed by atoms with Gasteiger partial charge in [-0.05, 0) is 43.6 Å². The lowest BCUT2D eigenvalue weighted by Gasteiger charge is -2.45. The van der Waals surface area contributed by atoms with Crippen molar-refractivity contribution in [3.05, 3.63) is 12.2 Å². The van der Waals surface area contributed by atoms with Crippen molar-refractivity contribution in [2.24, 2.45) is 28.6 Å². The fourth-order valence-electron chi connectivity index (χ4n) is 8.00. The van der Waals surface area contributed by atoms with E-state index in [1.807, 2.05) is 6.92 Å². The molecule has 6 aliphatic rings. The number of hydrogen-bond acceptors (Lipinski definition) is 5. The predicted octanol–water partition coefficient (Wildman–Crippen LogP) is 1.27. The summed E-state index contributed by atoms with van der Waals surface area (Å²) < 4.78 is 11.9. The van der Waals surface area contributed by atoms with E-state index in [1.165, 1.54) is 0 Å². The van der Waals surface area contributed by atoms with Gasteiger partial charge in [0.1, 0.15) is 17.1 Å². The maximum atomic E-state index is 12.8. The van der Waals surface area contributed by atoms with Gasteiger partial charge < -0.3 is 19.7 Å². The number of fused-ring (bicyclic) bond motifs is 3. The van der Waals surface area contributed by atoms with Crippen molar-refractivity contribution >= 4 is 11.9 Å². The van der Waals surface area contributed by atoms with Gasteiger partial charge in [-0.15, -0.1) is 0 Å². The largest absolute Gasteiger partial charge is 0.481 e. The lowest BCUT2D eigenvalue weighted by Crippen LogP contribution is -2.50. The van der Waals surface area contributed by atoms with Crippen molar-refractivity contribution in [3.8, 4) is 0 Å². The van der Waals surface area contributed by atoms with E-state index in [1.54, 1.807) is 0 Å². The first-order valence-corrected chi connectivity index (χ1v) is 9.21. The van der Waals surface area contributed by atoms with E-state index in [9.17, 15) is 19.8 Å². The third kappa shape index (κ3) is 1.25. The zero-order valence-electron chi connectivity index (χ0n) is 14.2. The van der Waals surface area contributed by atoms with Crippen LogP contribution in [0.1, 0.15) is 39.0 Å². The molecule has 0 unspecified atom stereocenters. The Kier molecular flexibility index (Phi) is 2.16. The number of carbonyl (C=O) groups excluding carboxylic acids is 1. The maximum absolute atomic E-state index is 12.8. The molecule has 0 amide bonds. The molecule has 6 rings (SSSR count). The molecular weight excluding hydrogens is 324 g/mol. The molecule has 0 aromatic carbocycles. The van der Waals surface area contributed by atoms with Crippen LogP contribution in [0.2, 0.25) is 0 Å². The number of carbonyl (C=O) groups is 2. The van der Waals surface area contributed by atoms with Crippen LogP contribution in [0.4, 0.5) is 0 Å².